The number of nitrogens with zero attached hydrogens (tertiary/aromatic N) is 1. The van der Waals surface area contributed by atoms with E-state index in [1.165, 1.54) is 89.9 Å². The topological polar surface area (TPSA) is 94.1 Å². The van der Waals surface area contributed by atoms with Crippen molar-refractivity contribution in [3.63, 3.8) is 0 Å². The summed E-state index contributed by atoms with van der Waals surface area (Å²) < 4.78 is 22.7. The normalized spacial score (nSPS) is 13.9. The summed E-state index contributed by atoms with van der Waals surface area (Å²) in [6.45, 7) is 4.97. The number of ether oxygens (including phenoxy) is 2. The van der Waals surface area contributed by atoms with Crippen LogP contribution in [0.25, 0.3) is 0 Å². The second kappa shape index (κ2) is 35.3. The fraction of sp³-hybridized carbons (Fsp3) is 0.837. The molecule has 8 nitrogen and oxygen atoms in total. The summed E-state index contributed by atoms with van der Waals surface area (Å²) in [6.07, 6.45) is 40.7. The van der Waals surface area contributed by atoms with E-state index in [0.29, 0.717) is 17.4 Å². The van der Waals surface area contributed by atoms with E-state index in [0.717, 1.165) is 64.2 Å². The number of likely N-dealkylation sites (N-methyl/N-ethyl adjacent to an activating group) is 1. The number of carbonyl (C=O) groups excluding carboxylic acids is 2. The van der Waals surface area contributed by atoms with Crippen LogP contribution in [0.3, 0.4) is 0 Å². The van der Waals surface area contributed by atoms with Gasteiger partial charge in [0.15, 0.2) is 6.10 Å². The number of allylic oxidation sites excluding steroid dienone is 4. The largest absolute Gasteiger partial charge is 0.789 e. The fourth-order valence-corrected chi connectivity index (χ4v) is 6.50. The number of unbranched alkanes of at least 4 members (excludes halogenated alkanes) is 20. The first-order chi connectivity index (χ1) is 25.0. The maximum absolute atomic E-state index is 12.8. The first-order valence-corrected chi connectivity index (χ1v) is 22.9. The van der Waals surface area contributed by atoms with Crippen LogP contribution in [0.15, 0.2) is 24.3 Å². The second-order valence-corrected chi connectivity index (χ2v) is 17.3. The van der Waals surface area contributed by atoms with Crippen molar-refractivity contribution in [3.05, 3.63) is 24.3 Å². The van der Waals surface area contributed by atoms with Gasteiger partial charge in [-0.3, -0.25) is 9.59 Å². The maximum atomic E-state index is 12.8. The van der Waals surface area contributed by atoms with Crippen LogP contribution in [-0.2, 0) is 28.1 Å². The minimum absolute atomic E-state index is 0.149. The molecule has 0 fully saturated rings. The van der Waals surface area contributed by atoms with Crippen molar-refractivity contribution < 1.29 is 37.5 Å². The molecular weight excluding hydrogens is 673 g/mol. The average Bonchev–Trinajstić information content (AvgIpc) is 3.09. The minimum atomic E-state index is -3.62. The minimum Gasteiger partial charge on any atom is -0.789 e. The van der Waals surface area contributed by atoms with Crippen LogP contribution in [0.4, 0.5) is 0 Å². The highest BCUT2D eigenvalue weighted by molar-refractivity contribution is 7.57. The Morgan fingerprint density at radius 3 is 1.58 bits per heavy atom. The van der Waals surface area contributed by atoms with Gasteiger partial charge in [-0.25, -0.2) is 0 Å². The summed E-state index contributed by atoms with van der Waals surface area (Å²) >= 11 is 0. The number of quaternary nitrogens is 1. The van der Waals surface area contributed by atoms with E-state index < -0.39 is 13.7 Å². The Morgan fingerprint density at radius 2 is 1.06 bits per heavy atom. The van der Waals surface area contributed by atoms with Crippen LogP contribution in [0, 0.1) is 0 Å². The summed E-state index contributed by atoms with van der Waals surface area (Å²) in [7, 11) is 2.40. The van der Waals surface area contributed by atoms with Gasteiger partial charge in [0.2, 0.25) is 0 Å². The number of carbonyl (C=O) groups is 2. The zero-order valence-electron chi connectivity index (χ0n) is 34.6. The lowest BCUT2D eigenvalue weighted by Crippen LogP contribution is -2.37. The fourth-order valence-electron chi connectivity index (χ4n) is 5.67. The molecule has 9 heteroatoms. The monoisotopic (exact) mass is 756 g/mol. The Kier molecular flexibility index (Phi) is 34.3. The van der Waals surface area contributed by atoms with Crippen LogP contribution < -0.4 is 4.89 Å². The molecule has 0 aliphatic carbocycles. The molecule has 306 valence electrons. The molecule has 0 saturated heterocycles. The van der Waals surface area contributed by atoms with Gasteiger partial charge < -0.3 is 27.9 Å². The third-order valence-corrected chi connectivity index (χ3v) is 10.2. The molecule has 0 saturated carbocycles. The molecule has 0 aromatic heterocycles. The maximum Gasteiger partial charge on any atom is 0.306 e. The standard InChI is InChI=1S/C43H82NO7P/c1-7-9-11-13-15-17-19-21-22-24-26-28-30-32-34-36-43(46)51-41(40-50-52(6,47)49-38-37-44(3,4)5)39-48-42(45)35-33-31-29-27-25-23-20-18-16-14-12-10-8-2/h15,17,21-22,41H,6-14,16,18-20,23-40H2,1-5H3/b17-15+,22-21+. The van der Waals surface area contributed by atoms with E-state index >= 15 is 0 Å². The van der Waals surface area contributed by atoms with Gasteiger partial charge in [0, 0.05) is 20.4 Å². The van der Waals surface area contributed by atoms with Crippen LogP contribution >= 0.6 is 7.57 Å². The van der Waals surface area contributed by atoms with Crippen LogP contribution in [0.2, 0.25) is 0 Å². The van der Waals surface area contributed by atoms with Gasteiger partial charge in [0.25, 0.3) is 0 Å². The predicted octanol–water partition coefficient (Wildman–Crippen LogP) is 11.0. The molecule has 0 bridgehead atoms. The number of hydrogen-bond acceptors (Lipinski definition) is 7. The summed E-state index contributed by atoms with van der Waals surface area (Å²) in [5.74, 6) is -0.702. The van der Waals surface area contributed by atoms with Crippen molar-refractivity contribution in [2.45, 2.75) is 187 Å². The highest BCUT2D eigenvalue weighted by atomic mass is 31.2. The molecule has 0 radical (unpaired) electrons. The van der Waals surface area contributed by atoms with Gasteiger partial charge in [0.1, 0.15) is 19.8 Å². The summed E-state index contributed by atoms with van der Waals surface area (Å²) in [5, 5.41) is 0. The van der Waals surface area contributed by atoms with Crippen LogP contribution in [0.5, 0.6) is 0 Å². The molecule has 0 heterocycles. The van der Waals surface area contributed by atoms with Crippen molar-refractivity contribution >= 4 is 25.8 Å². The quantitative estimate of drug-likeness (QED) is 0.0204. The van der Waals surface area contributed by atoms with Gasteiger partial charge >= 0.3 is 11.9 Å². The predicted molar refractivity (Wildman–Crippen MR) is 219 cm³/mol. The Balaban J connectivity index is 4.41. The molecule has 0 spiro atoms. The van der Waals surface area contributed by atoms with E-state index in [1.54, 1.807) is 0 Å². The zero-order valence-corrected chi connectivity index (χ0v) is 35.5. The van der Waals surface area contributed by atoms with Crippen molar-refractivity contribution in [3.8, 4) is 0 Å². The SMILES string of the molecule is C=P([O-])(OCC[N+](C)(C)C)OCC(COC(=O)CCCCCCCCCCCCCCC)OC(=O)CCCCCCC/C=C/C/C=C/CCCCC. The molecule has 0 aromatic carbocycles. The lowest BCUT2D eigenvalue weighted by Gasteiger charge is -2.33. The van der Waals surface area contributed by atoms with Crippen molar-refractivity contribution in [2.24, 2.45) is 0 Å². The summed E-state index contributed by atoms with van der Waals surface area (Å²) in [4.78, 5) is 38.0. The van der Waals surface area contributed by atoms with Crippen molar-refractivity contribution in [1.82, 2.24) is 0 Å². The molecule has 0 aliphatic rings. The molecular formula is C43H82NO7P. The third kappa shape index (κ3) is 38.3. The van der Waals surface area contributed by atoms with E-state index in [-0.39, 0.29) is 38.2 Å². The first kappa shape index (κ1) is 50.6. The molecule has 0 amide bonds. The van der Waals surface area contributed by atoms with Gasteiger partial charge in [0.05, 0.1) is 27.7 Å². The molecule has 0 rings (SSSR count). The molecule has 2 unspecified atom stereocenters. The lowest BCUT2D eigenvalue weighted by atomic mass is 10.0. The molecule has 52 heavy (non-hydrogen) atoms. The van der Waals surface area contributed by atoms with E-state index in [2.05, 4.69) is 44.5 Å². The van der Waals surface area contributed by atoms with Crippen molar-refractivity contribution in [1.29, 1.82) is 0 Å². The summed E-state index contributed by atoms with van der Waals surface area (Å²) in [5.41, 5.74) is 0. The van der Waals surface area contributed by atoms with Gasteiger partial charge in [-0.1, -0.05) is 154 Å². The zero-order chi connectivity index (χ0) is 38.6. The summed E-state index contributed by atoms with van der Waals surface area (Å²) in [6, 6.07) is 0. The van der Waals surface area contributed by atoms with E-state index in [4.69, 9.17) is 18.5 Å². The van der Waals surface area contributed by atoms with Gasteiger partial charge in [-0.05, 0) is 44.9 Å². The second-order valence-electron chi connectivity index (χ2n) is 15.5. The Labute approximate surface area is 321 Å². The first-order valence-electron chi connectivity index (χ1n) is 21.2. The smallest absolute Gasteiger partial charge is 0.306 e. The van der Waals surface area contributed by atoms with Crippen LogP contribution in [-0.4, -0.2) is 76.3 Å². The third-order valence-electron chi connectivity index (χ3n) is 9.05. The van der Waals surface area contributed by atoms with E-state index in [1.807, 2.05) is 21.1 Å². The Morgan fingerprint density at radius 1 is 0.615 bits per heavy atom. The Bertz CT molecular complexity index is 946. The number of hydrogen-bond donors (Lipinski definition) is 0. The average molecular weight is 756 g/mol. The molecule has 2 atom stereocenters. The number of rotatable bonds is 38. The molecule has 0 aromatic rings. The molecule has 0 N–H and O–H groups in total. The van der Waals surface area contributed by atoms with E-state index in [9.17, 15) is 14.5 Å². The highest BCUT2D eigenvalue weighted by Crippen LogP contribution is 2.37. The highest BCUT2D eigenvalue weighted by Gasteiger charge is 2.19. The Hall–Kier alpha value is -1.44. The number of esters is 2. The van der Waals surface area contributed by atoms with Gasteiger partial charge in [-0.15, -0.1) is 0 Å². The van der Waals surface area contributed by atoms with Gasteiger partial charge in [-0.2, -0.15) is 0 Å². The molecule has 0 aliphatic heterocycles. The van der Waals surface area contributed by atoms with Crippen molar-refractivity contribution in [2.75, 3.05) is 47.5 Å². The van der Waals surface area contributed by atoms with Crippen LogP contribution in [0.1, 0.15) is 181 Å². The lowest BCUT2D eigenvalue weighted by molar-refractivity contribution is -0.870.